The lowest BCUT2D eigenvalue weighted by Gasteiger charge is -2.14. The normalized spacial score (nSPS) is 12.6. The number of unbranched alkanes of at least 4 members (excludes halogenated alkanes) is 1. The van der Waals surface area contributed by atoms with Gasteiger partial charge in [-0.3, -0.25) is 19.2 Å². The van der Waals surface area contributed by atoms with Crippen molar-refractivity contribution in [3.05, 3.63) is 0 Å². The topological polar surface area (TPSA) is 105 Å². The Labute approximate surface area is 154 Å². The summed E-state index contributed by atoms with van der Waals surface area (Å²) >= 11 is 0. The van der Waals surface area contributed by atoms with Crippen LogP contribution in [0.3, 0.4) is 0 Å². The Balaban J connectivity index is 3.83. The molecule has 0 bridgehead atoms. The standard InChI is InChI=1S/C18H30O8/c1-5-9-15(19)23-13(3)25-17(21)11-7-8-12-18(22)26-14(4)24-16(20)10-6-2/h13-14H,5-12H2,1-4H3. The van der Waals surface area contributed by atoms with Crippen molar-refractivity contribution in [1.82, 2.24) is 0 Å². The summed E-state index contributed by atoms with van der Waals surface area (Å²) in [6.07, 6.45) is 1.06. The Hall–Kier alpha value is -2.12. The number of carbonyl (C=O) groups is 4. The molecule has 8 heteroatoms. The third-order valence-electron chi connectivity index (χ3n) is 3.11. The molecule has 0 aromatic heterocycles. The fourth-order valence-electron chi connectivity index (χ4n) is 1.97. The van der Waals surface area contributed by atoms with Crippen LogP contribution in [0.2, 0.25) is 0 Å². The molecule has 26 heavy (non-hydrogen) atoms. The minimum atomic E-state index is -0.926. The predicted octanol–water partition coefficient (Wildman–Crippen LogP) is 3.01. The number of hydrogen-bond acceptors (Lipinski definition) is 8. The molecule has 2 atom stereocenters. The van der Waals surface area contributed by atoms with E-state index in [-0.39, 0.29) is 25.7 Å². The van der Waals surface area contributed by atoms with Gasteiger partial charge in [-0.05, 0) is 25.7 Å². The molecule has 8 nitrogen and oxygen atoms in total. The second-order valence-electron chi connectivity index (χ2n) is 5.80. The highest BCUT2D eigenvalue weighted by atomic mass is 16.7. The highest BCUT2D eigenvalue weighted by Crippen LogP contribution is 2.08. The van der Waals surface area contributed by atoms with Crippen LogP contribution >= 0.6 is 0 Å². The van der Waals surface area contributed by atoms with Crippen LogP contribution in [0.4, 0.5) is 0 Å². The first kappa shape index (κ1) is 23.9. The average Bonchev–Trinajstić information content (AvgIpc) is 2.51. The van der Waals surface area contributed by atoms with E-state index < -0.39 is 36.5 Å². The van der Waals surface area contributed by atoms with Crippen molar-refractivity contribution in [1.29, 1.82) is 0 Å². The van der Waals surface area contributed by atoms with Crippen LogP contribution in [0.25, 0.3) is 0 Å². The smallest absolute Gasteiger partial charge is 0.308 e. The van der Waals surface area contributed by atoms with Crippen LogP contribution in [0, 0.1) is 0 Å². The first-order valence-electron chi connectivity index (χ1n) is 9.06. The van der Waals surface area contributed by atoms with Crippen molar-refractivity contribution in [2.24, 2.45) is 0 Å². The third kappa shape index (κ3) is 13.2. The molecule has 0 fully saturated rings. The second kappa shape index (κ2) is 14.1. The monoisotopic (exact) mass is 374 g/mol. The van der Waals surface area contributed by atoms with E-state index in [4.69, 9.17) is 18.9 Å². The fraction of sp³-hybridized carbons (Fsp3) is 0.778. The molecule has 0 saturated heterocycles. The van der Waals surface area contributed by atoms with E-state index in [0.29, 0.717) is 25.7 Å². The van der Waals surface area contributed by atoms with E-state index in [1.54, 1.807) is 0 Å². The molecule has 0 aliphatic carbocycles. The Bertz CT molecular complexity index is 418. The average molecular weight is 374 g/mol. The fourth-order valence-corrected chi connectivity index (χ4v) is 1.97. The van der Waals surface area contributed by atoms with Crippen LogP contribution in [0.15, 0.2) is 0 Å². The molecule has 0 amide bonds. The lowest BCUT2D eigenvalue weighted by atomic mass is 10.2. The highest BCUT2D eigenvalue weighted by Gasteiger charge is 2.15. The molecular formula is C18H30O8. The molecule has 2 unspecified atom stereocenters. The quantitative estimate of drug-likeness (QED) is 0.275. The van der Waals surface area contributed by atoms with Crippen molar-refractivity contribution in [2.75, 3.05) is 0 Å². The zero-order valence-corrected chi connectivity index (χ0v) is 16.1. The van der Waals surface area contributed by atoms with Crippen LogP contribution in [-0.2, 0) is 38.1 Å². The van der Waals surface area contributed by atoms with Gasteiger partial charge in [-0.25, -0.2) is 0 Å². The third-order valence-corrected chi connectivity index (χ3v) is 3.11. The van der Waals surface area contributed by atoms with Crippen LogP contribution < -0.4 is 0 Å². The summed E-state index contributed by atoms with van der Waals surface area (Å²) in [4.78, 5) is 45.8. The van der Waals surface area contributed by atoms with Gasteiger partial charge in [-0.15, -0.1) is 0 Å². The Morgan fingerprint density at radius 1 is 0.577 bits per heavy atom. The lowest BCUT2D eigenvalue weighted by Crippen LogP contribution is -2.22. The van der Waals surface area contributed by atoms with Crippen molar-refractivity contribution in [2.45, 2.75) is 91.6 Å². The van der Waals surface area contributed by atoms with Gasteiger partial charge in [0.25, 0.3) is 0 Å². The Morgan fingerprint density at radius 2 is 0.846 bits per heavy atom. The summed E-state index contributed by atoms with van der Waals surface area (Å²) < 4.78 is 19.7. The zero-order valence-electron chi connectivity index (χ0n) is 16.1. The maximum absolute atomic E-state index is 11.6. The maximum atomic E-state index is 11.6. The number of ether oxygens (including phenoxy) is 4. The summed E-state index contributed by atoms with van der Waals surface area (Å²) in [5, 5.41) is 0. The van der Waals surface area contributed by atoms with Gasteiger partial charge in [0.15, 0.2) is 0 Å². The largest absolute Gasteiger partial charge is 0.425 e. The minimum Gasteiger partial charge on any atom is -0.425 e. The van der Waals surface area contributed by atoms with Crippen LogP contribution in [0.1, 0.15) is 79.1 Å². The Morgan fingerprint density at radius 3 is 1.12 bits per heavy atom. The van der Waals surface area contributed by atoms with Crippen LogP contribution in [-0.4, -0.2) is 36.5 Å². The molecule has 150 valence electrons. The molecule has 0 radical (unpaired) electrons. The first-order valence-corrected chi connectivity index (χ1v) is 9.06. The molecule has 0 heterocycles. The number of rotatable bonds is 13. The van der Waals surface area contributed by atoms with E-state index in [2.05, 4.69) is 0 Å². The van der Waals surface area contributed by atoms with Gasteiger partial charge >= 0.3 is 23.9 Å². The van der Waals surface area contributed by atoms with Crippen LogP contribution in [0.5, 0.6) is 0 Å². The zero-order chi connectivity index (χ0) is 19.9. The van der Waals surface area contributed by atoms with Gasteiger partial charge in [0, 0.05) is 39.5 Å². The predicted molar refractivity (Wildman–Crippen MR) is 91.6 cm³/mol. The number of hydrogen-bond donors (Lipinski definition) is 0. The molecule has 0 saturated carbocycles. The van der Waals surface area contributed by atoms with Gasteiger partial charge in [-0.2, -0.15) is 0 Å². The summed E-state index contributed by atoms with van der Waals surface area (Å²) in [7, 11) is 0. The minimum absolute atomic E-state index is 0.101. The lowest BCUT2D eigenvalue weighted by molar-refractivity contribution is -0.187. The molecule has 0 aliphatic rings. The van der Waals surface area contributed by atoms with E-state index >= 15 is 0 Å². The molecule has 0 aliphatic heterocycles. The van der Waals surface area contributed by atoms with E-state index in [0.717, 1.165) is 0 Å². The number of esters is 4. The highest BCUT2D eigenvalue weighted by molar-refractivity contribution is 5.72. The van der Waals surface area contributed by atoms with E-state index in [1.807, 2.05) is 13.8 Å². The van der Waals surface area contributed by atoms with Gasteiger partial charge in [0.05, 0.1) is 0 Å². The molecule has 0 aromatic rings. The van der Waals surface area contributed by atoms with Crippen molar-refractivity contribution < 1.29 is 38.1 Å². The summed E-state index contributed by atoms with van der Waals surface area (Å²) in [6.45, 7) is 6.64. The molecule has 0 spiro atoms. The SMILES string of the molecule is CCCC(=O)OC(C)OC(=O)CCCCC(=O)OC(C)OC(=O)CCC. The first-order chi connectivity index (χ1) is 12.3. The van der Waals surface area contributed by atoms with Gasteiger partial charge in [0.2, 0.25) is 12.6 Å². The summed E-state index contributed by atoms with van der Waals surface area (Å²) in [6, 6.07) is 0. The number of carbonyl (C=O) groups excluding carboxylic acids is 4. The molecule has 0 N–H and O–H groups in total. The van der Waals surface area contributed by atoms with Gasteiger partial charge in [-0.1, -0.05) is 13.8 Å². The van der Waals surface area contributed by atoms with E-state index in [1.165, 1.54) is 13.8 Å². The van der Waals surface area contributed by atoms with Crippen molar-refractivity contribution in [3.8, 4) is 0 Å². The molecule has 0 rings (SSSR count). The Kier molecular flexibility index (Phi) is 12.9. The summed E-state index contributed by atoms with van der Waals surface area (Å²) in [5.74, 6) is -1.83. The van der Waals surface area contributed by atoms with Gasteiger partial charge in [0.1, 0.15) is 0 Å². The second-order valence-corrected chi connectivity index (χ2v) is 5.80. The van der Waals surface area contributed by atoms with E-state index in [9.17, 15) is 19.2 Å². The van der Waals surface area contributed by atoms with Crippen molar-refractivity contribution in [3.63, 3.8) is 0 Å². The summed E-state index contributed by atoms with van der Waals surface area (Å²) in [5.41, 5.74) is 0. The van der Waals surface area contributed by atoms with Crippen molar-refractivity contribution >= 4 is 23.9 Å². The molecular weight excluding hydrogens is 344 g/mol. The van der Waals surface area contributed by atoms with Gasteiger partial charge < -0.3 is 18.9 Å². The molecule has 0 aromatic carbocycles. The maximum Gasteiger partial charge on any atom is 0.308 e.